The van der Waals surface area contributed by atoms with E-state index in [2.05, 4.69) is 9.52 Å². The minimum atomic E-state index is -4.27. The van der Waals surface area contributed by atoms with E-state index >= 15 is 0 Å². The third kappa shape index (κ3) is 21.5. The van der Waals surface area contributed by atoms with Crippen LogP contribution in [0.25, 0.3) is 0 Å². The molecule has 0 fully saturated rings. The molecular weight excluding hydrogens is 329 g/mol. The van der Waals surface area contributed by atoms with E-state index in [1.807, 2.05) is 0 Å². The van der Waals surface area contributed by atoms with Gasteiger partial charge in [-0.15, -0.1) is 0 Å². The second-order valence-corrected chi connectivity index (χ2v) is 7.49. The van der Waals surface area contributed by atoms with Crippen molar-refractivity contribution in [2.75, 3.05) is 13.2 Å². The van der Waals surface area contributed by atoms with Crippen molar-refractivity contribution in [1.29, 1.82) is 0 Å². The van der Waals surface area contributed by atoms with Gasteiger partial charge in [0, 0.05) is 0 Å². The molecule has 142 valence electrons. The van der Waals surface area contributed by atoms with Crippen molar-refractivity contribution in [1.82, 2.24) is 0 Å². The maximum atomic E-state index is 10.5. The molecule has 0 saturated carbocycles. The van der Waals surface area contributed by atoms with Crippen LogP contribution in [-0.2, 0) is 13.9 Å². The predicted molar refractivity (Wildman–Crippen MR) is 95.6 cm³/mol. The van der Waals surface area contributed by atoms with Gasteiger partial charge in [0.05, 0.1) is 13.2 Å². The lowest BCUT2D eigenvalue weighted by Crippen LogP contribution is -1.92. The second kappa shape index (κ2) is 17.3. The summed E-state index contributed by atoms with van der Waals surface area (Å²) in [6.07, 6.45) is 18.0. The molecular formula is C17H34NO5P. The first-order valence-corrected chi connectivity index (χ1v) is 10.8. The molecule has 0 spiro atoms. The SMILES string of the molecule is O=C=NCCCCCCCCCCCCCCCCOP(=O)(O)O. The fraction of sp³-hybridized carbons (Fsp3) is 0.941. The van der Waals surface area contributed by atoms with Gasteiger partial charge in [0.2, 0.25) is 6.08 Å². The van der Waals surface area contributed by atoms with Gasteiger partial charge in [-0.2, -0.15) is 0 Å². The summed E-state index contributed by atoms with van der Waals surface area (Å²) in [6, 6.07) is 0. The zero-order chi connectivity index (χ0) is 17.9. The van der Waals surface area contributed by atoms with Crippen molar-refractivity contribution >= 4 is 13.9 Å². The smallest absolute Gasteiger partial charge is 0.303 e. The van der Waals surface area contributed by atoms with Crippen molar-refractivity contribution in [2.24, 2.45) is 4.99 Å². The molecule has 0 aromatic carbocycles. The van der Waals surface area contributed by atoms with Gasteiger partial charge in [0.1, 0.15) is 0 Å². The van der Waals surface area contributed by atoms with E-state index < -0.39 is 7.82 Å². The van der Waals surface area contributed by atoms with Gasteiger partial charge in [-0.1, -0.05) is 77.0 Å². The monoisotopic (exact) mass is 363 g/mol. The number of nitrogens with zero attached hydrogens (tertiary/aromatic N) is 1. The van der Waals surface area contributed by atoms with Gasteiger partial charge in [0.15, 0.2) is 0 Å². The van der Waals surface area contributed by atoms with Gasteiger partial charge in [-0.25, -0.2) is 14.4 Å². The Hall–Kier alpha value is -0.510. The predicted octanol–water partition coefficient (Wildman–Crippen LogP) is 4.89. The van der Waals surface area contributed by atoms with Crippen LogP contribution in [0.4, 0.5) is 0 Å². The van der Waals surface area contributed by atoms with Gasteiger partial charge >= 0.3 is 7.82 Å². The number of phosphoric acid groups is 1. The molecule has 2 N–H and O–H groups in total. The maximum Gasteiger partial charge on any atom is 0.469 e. The molecule has 0 unspecified atom stereocenters. The summed E-state index contributed by atoms with van der Waals surface area (Å²) in [7, 11) is -4.27. The molecule has 0 rings (SSSR count). The Morgan fingerprint density at radius 3 is 1.46 bits per heavy atom. The number of unbranched alkanes of at least 4 members (excludes halogenated alkanes) is 13. The number of aliphatic imine (C=N–C) groups is 1. The molecule has 7 heteroatoms. The Bertz CT molecular complexity index is 366. The van der Waals surface area contributed by atoms with E-state index in [-0.39, 0.29) is 6.61 Å². The van der Waals surface area contributed by atoms with Crippen LogP contribution >= 0.6 is 7.82 Å². The zero-order valence-corrected chi connectivity index (χ0v) is 15.7. The molecule has 0 amide bonds. The molecule has 0 aliphatic rings. The highest BCUT2D eigenvalue weighted by Crippen LogP contribution is 2.35. The molecule has 0 aromatic rings. The number of phosphoric ester groups is 1. The number of rotatable bonds is 18. The lowest BCUT2D eigenvalue weighted by Gasteiger charge is -2.05. The fourth-order valence-electron chi connectivity index (χ4n) is 2.64. The standard InChI is InChI=1S/C17H34NO5P/c19-17-18-15-13-11-9-7-5-3-1-2-4-6-8-10-12-14-16-23-24(20,21)22/h1-16H2,(H2,20,21,22). The number of hydrogen-bond donors (Lipinski definition) is 2. The lowest BCUT2D eigenvalue weighted by atomic mass is 10.0. The first-order valence-electron chi connectivity index (χ1n) is 9.30. The molecule has 0 bridgehead atoms. The second-order valence-electron chi connectivity index (χ2n) is 6.25. The quantitative estimate of drug-likeness (QED) is 0.156. The van der Waals surface area contributed by atoms with E-state index in [1.165, 1.54) is 57.8 Å². The summed E-state index contributed by atoms with van der Waals surface area (Å²) >= 11 is 0. The summed E-state index contributed by atoms with van der Waals surface area (Å²) in [5.74, 6) is 0. The third-order valence-electron chi connectivity index (χ3n) is 3.99. The van der Waals surface area contributed by atoms with E-state index in [1.54, 1.807) is 6.08 Å². The maximum absolute atomic E-state index is 10.5. The average molecular weight is 363 g/mol. The fourth-order valence-corrected chi connectivity index (χ4v) is 3.01. The van der Waals surface area contributed by atoms with Crippen molar-refractivity contribution < 1.29 is 23.7 Å². The summed E-state index contributed by atoms with van der Waals surface area (Å²) in [4.78, 5) is 30.5. The van der Waals surface area contributed by atoms with Crippen molar-refractivity contribution in [3.05, 3.63) is 0 Å². The van der Waals surface area contributed by atoms with Crippen LogP contribution in [0.5, 0.6) is 0 Å². The normalized spacial score (nSPS) is 11.4. The molecule has 6 nitrogen and oxygen atoms in total. The highest BCUT2D eigenvalue weighted by molar-refractivity contribution is 7.46. The van der Waals surface area contributed by atoms with Crippen LogP contribution in [0.2, 0.25) is 0 Å². The number of carbonyl (C=O) groups excluding carboxylic acids is 1. The molecule has 0 heterocycles. The minimum Gasteiger partial charge on any atom is -0.303 e. The topological polar surface area (TPSA) is 96.2 Å². The van der Waals surface area contributed by atoms with E-state index in [9.17, 15) is 9.36 Å². The number of isocyanates is 1. The van der Waals surface area contributed by atoms with E-state index in [0.29, 0.717) is 13.0 Å². The molecule has 24 heavy (non-hydrogen) atoms. The van der Waals surface area contributed by atoms with Crippen LogP contribution < -0.4 is 0 Å². The van der Waals surface area contributed by atoms with Crippen LogP contribution in [0.15, 0.2) is 4.99 Å². The summed E-state index contributed by atoms with van der Waals surface area (Å²) in [5.41, 5.74) is 0. The first kappa shape index (κ1) is 23.5. The zero-order valence-electron chi connectivity index (χ0n) is 14.8. The summed E-state index contributed by atoms with van der Waals surface area (Å²) in [5, 5.41) is 0. The van der Waals surface area contributed by atoms with Crippen molar-refractivity contribution in [3.63, 3.8) is 0 Å². The van der Waals surface area contributed by atoms with Gasteiger partial charge < -0.3 is 9.79 Å². The molecule has 0 atom stereocenters. The van der Waals surface area contributed by atoms with Crippen molar-refractivity contribution in [3.8, 4) is 0 Å². The Balaban J connectivity index is 3.05. The van der Waals surface area contributed by atoms with Crippen LogP contribution in [-0.4, -0.2) is 29.0 Å². The third-order valence-corrected chi connectivity index (χ3v) is 4.51. The largest absolute Gasteiger partial charge is 0.469 e. The Morgan fingerprint density at radius 1 is 0.708 bits per heavy atom. The molecule has 0 saturated heterocycles. The lowest BCUT2D eigenvalue weighted by molar-refractivity contribution is 0.193. The van der Waals surface area contributed by atoms with E-state index in [4.69, 9.17) is 9.79 Å². The highest BCUT2D eigenvalue weighted by atomic mass is 31.2. The van der Waals surface area contributed by atoms with Crippen LogP contribution in [0.1, 0.15) is 89.9 Å². The van der Waals surface area contributed by atoms with Gasteiger partial charge in [-0.05, 0) is 12.8 Å². The molecule has 0 aliphatic heterocycles. The Kier molecular flexibility index (Phi) is 16.9. The summed E-state index contributed by atoms with van der Waals surface area (Å²) in [6.45, 7) is 0.773. The first-order chi connectivity index (χ1) is 11.6. The van der Waals surface area contributed by atoms with Crippen LogP contribution in [0, 0.1) is 0 Å². The molecule has 0 aliphatic carbocycles. The van der Waals surface area contributed by atoms with E-state index in [0.717, 1.165) is 25.7 Å². The summed E-state index contributed by atoms with van der Waals surface area (Å²) < 4.78 is 14.9. The number of hydrogen-bond acceptors (Lipinski definition) is 4. The molecule has 0 aromatic heterocycles. The Morgan fingerprint density at radius 2 is 1.08 bits per heavy atom. The van der Waals surface area contributed by atoms with Gasteiger partial charge in [0.25, 0.3) is 0 Å². The molecule has 0 radical (unpaired) electrons. The highest BCUT2D eigenvalue weighted by Gasteiger charge is 2.12. The average Bonchev–Trinajstić information content (AvgIpc) is 2.52. The van der Waals surface area contributed by atoms with Crippen molar-refractivity contribution in [2.45, 2.75) is 89.9 Å². The Labute approximate surface area is 146 Å². The van der Waals surface area contributed by atoms with Crippen LogP contribution in [0.3, 0.4) is 0 Å². The minimum absolute atomic E-state index is 0.147. The van der Waals surface area contributed by atoms with Gasteiger partial charge in [-0.3, -0.25) is 4.52 Å².